The molecular formula is C13H18ClN5O7S. The predicted octanol–water partition coefficient (Wildman–Crippen LogP) is 0.254. The van der Waals surface area contributed by atoms with Gasteiger partial charge in [0.1, 0.15) is 12.4 Å². The molecule has 6 N–H and O–H groups in total. The van der Waals surface area contributed by atoms with Gasteiger partial charge in [0.05, 0.1) is 12.0 Å². The molecule has 0 bridgehead atoms. The average molecular weight is 424 g/mol. The van der Waals surface area contributed by atoms with Crippen LogP contribution in [0.15, 0.2) is 11.5 Å². The van der Waals surface area contributed by atoms with Gasteiger partial charge in [0, 0.05) is 17.6 Å². The Morgan fingerprint density at radius 2 is 2.15 bits per heavy atom. The maximum atomic E-state index is 12.1. The van der Waals surface area contributed by atoms with Gasteiger partial charge in [-0.05, 0) is 6.92 Å². The molecule has 2 aliphatic rings. The van der Waals surface area contributed by atoms with Crippen molar-refractivity contribution < 1.29 is 34.1 Å². The SMILES string of the molecule is C[C@H](N)C(=O)N[C@]1(OC(=O)O)C[C@@H](Sc2nc[nH]n2)[C@H]2[C@H](OC(=O)O)[C@@H]21.Cl. The van der Waals surface area contributed by atoms with Gasteiger partial charge >= 0.3 is 12.3 Å². The molecule has 0 aliphatic heterocycles. The fraction of sp³-hybridized carbons (Fsp3) is 0.615. The normalized spacial score (nSPS) is 31.8. The van der Waals surface area contributed by atoms with Crippen molar-refractivity contribution in [2.45, 2.75) is 41.6 Å². The number of ether oxygens (including phenoxy) is 2. The Hall–Kier alpha value is -2.25. The Labute approximate surface area is 163 Å². The van der Waals surface area contributed by atoms with Crippen molar-refractivity contribution in [3.05, 3.63) is 6.33 Å². The minimum atomic E-state index is -1.63. The second-order valence-corrected chi connectivity index (χ2v) is 7.34. The number of aromatic nitrogens is 3. The van der Waals surface area contributed by atoms with E-state index in [4.69, 9.17) is 25.4 Å². The van der Waals surface area contributed by atoms with Gasteiger partial charge in [-0.25, -0.2) is 14.6 Å². The van der Waals surface area contributed by atoms with Gasteiger partial charge < -0.3 is 30.7 Å². The van der Waals surface area contributed by atoms with Crippen LogP contribution in [-0.4, -0.2) is 66.7 Å². The molecule has 1 heterocycles. The van der Waals surface area contributed by atoms with E-state index < -0.39 is 42.0 Å². The van der Waals surface area contributed by atoms with Crippen molar-refractivity contribution in [3.8, 4) is 0 Å². The van der Waals surface area contributed by atoms with Crippen molar-refractivity contribution in [1.82, 2.24) is 20.5 Å². The minimum absolute atomic E-state index is 0. The van der Waals surface area contributed by atoms with Gasteiger partial charge in [-0.3, -0.25) is 9.89 Å². The van der Waals surface area contributed by atoms with E-state index in [0.717, 1.165) is 0 Å². The van der Waals surface area contributed by atoms with Crippen molar-refractivity contribution in [1.29, 1.82) is 0 Å². The van der Waals surface area contributed by atoms with Crippen LogP contribution in [0.25, 0.3) is 0 Å². The molecule has 0 unspecified atom stereocenters. The number of hydrogen-bond donors (Lipinski definition) is 5. The summed E-state index contributed by atoms with van der Waals surface area (Å²) in [7, 11) is 0. The van der Waals surface area contributed by atoms with Crippen LogP contribution in [0.5, 0.6) is 0 Å². The molecular weight excluding hydrogens is 406 g/mol. The summed E-state index contributed by atoms with van der Waals surface area (Å²) in [5.41, 5.74) is 3.92. The van der Waals surface area contributed by atoms with E-state index in [0.29, 0.717) is 5.16 Å². The number of halogens is 1. The maximum absolute atomic E-state index is 12.1. The first-order valence-corrected chi connectivity index (χ1v) is 8.53. The highest BCUT2D eigenvalue weighted by atomic mass is 35.5. The lowest BCUT2D eigenvalue weighted by Crippen LogP contribution is -2.57. The zero-order chi connectivity index (χ0) is 19.1. The van der Waals surface area contributed by atoms with Gasteiger partial charge in [0.25, 0.3) is 0 Å². The average Bonchev–Trinajstić information content (AvgIpc) is 2.87. The number of carboxylic acid groups (broad SMARTS) is 2. The number of carbonyl (C=O) groups excluding carboxylic acids is 1. The molecule has 14 heteroatoms. The number of fused-ring (bicyclic) bond motifs is 1. The summed E-state index contributed by atoms with van der Waals surface area (Å²) >= 11 is 1.22. The van der Waals surface area contributed by atoms with E-state index in [-0.39, 0.29) is 30.0 Å². The molecule has 150 valence electrons. The van der Waals surface area contributed by atoms with Crippen LogP contribution >= 0.6 is 24.2 Å². The number of aromatic amines is 1. The molecule has 0 spiro atoms. The van der Waals surface area contributed by atoms with Crippen molar-refractivity contribution in [3.63, 3.8) is 0 Å². The molecule has 6 atom stereocenters. The topological polar surface area (TPSA) is 190 Å². The number of nitrogens with two attached hydrogens (primary N) is 1. The summed E-state index contributed by atoms with van der Waals surface area (Å²) in [5, 5.41) is 27.1. The van der Waals surface area contributed by atoms with Crippen LogP contribution in [0, 0.1) is 11.8 Å². The summed E-state index contributed by atoms with van der Waals surface area (Å²) < 4.78 is 9.88. The maximum Gasteiger partial charge on any atom is 0.507 e. The standard InChI is InChI=1S/C13H17N5O7S.ClH/c1-4(14)9(19)17-13(25-12(22)23)2-5(26-10-15-3-16-18-10)6-7(13)8(6)24-11(20)21;/h3-8H,2,14H2,1H3,(H,17,19)(H,20,21)(H,22,23)(H,15,16,18);1H/t4-,5+,6+,7+,8-,13-;/m0./s1. The molecule has 0 saturated heterocycles. The largest absolute Gasteiger partial charge is 0.507 e. The van der Waals surface area contributed by atoms with Crippen molar-refractivity contribution in [2.75, 3.05) is 0 Å². The Bertz CT molecular complexity index is 720. The number of rotatable bonds is 6. The molecule has 3 rings (SSSR count). The Morgan fingerprint density at radius 3 is 2.67 bits per heavy atom. The molecule has 1 aromatic heterocycles. The molecule has 2 saturated carbocycles. The van der Waals surface area contributed by atoms with Crippen LogP contribution in [0.3, 0.4) is 0 Å². The number of amides is 1. The van der Waals surface area contributed by atoms with Crippen molar-refractivity contribution in [2.24, 2.45) is 17.6 Å². The van der Waals surface area contributed by atoms with Crippen LogP contribution in [-0.2, 0) is 14.3 Å². The molecule has 2 fully saturated rings. The Kier molecular flexibility index (Phi) is 6.07. The zero-order valence-corrected chi connectivity index (χ0v) is 15.5. The lowest BCUT2D eigenvalue weighted by Gasteiger charge is -2.33. The molecule has 0 radical (unpaired) electrons. The highest BCUT2D eigenvalue weighted by Crippen LogP contribution is 2.63. The van der Waals surface area contributed by atoms with Crippen LogP contribution in [0.1, 0.15) is 13.3 Å². The van der Waals surface area contributed by atoms with E-state index in [1.54, 1.807) is 0 Å². The smallest absolute Gasteiger partial charge is 0.450 e. The molecule has 1 aromatic rings. The lowest BCUT2D eigenvalue weighted by atomic mass is 10.1. The van der Waals surface area contributed by atoms with E-state index in [9.17, 15) is 14.4 Å². The summed E-state index contributed by atoms with van der Waals surface area (Å²) in [4.78, 5) is 38.3. The second kappa shape index (κ2) is 7.78. The molecule has 0 aromatic carbocycles. The molecule has 1 amide bonds. The third-order valence-electron chi connectivity index (χ3n) is 4.38. The van der Waals surface area contributed by atoms with Gasteiger partial charge in [0.15, 0.2) is 5.72 Å². The monoisotopic (exact) mass is 423 g/mol. The fourth-order valence-electron chi connectivity index (χ4n) is 3.42. The van der Waals surface area contributed by atoms with Gasteiger partial charge in [-0.1, -0.05) is 11.8 Å². The summed E-state index contributed by atoms with van der Waals surface area (Å²) in [5.74, 6) is -1.63. The molecule has 27 heavy (non-hydrogen) atoms. The van der Waals surface area contributed by atoms with E-state index >= 15 is 0 Å². The van der Waals surface area contributed by atoms with Crippen LogP contribution < -0.4 is 11.1 Å². The third kappa shape index (κ3) is 4.20. The van der Waals surface area contributed by atoms with Crippen LogP contribution in [0.4, 0.5) is 9.59 Å². The number of thioether (sulfide) groups is 1. The zero-order valence-electron chi connectivity index (χ0n) is 13.9. The second-order valence-electron chi connectivity index (χ2n) is 6.13. The van der Waals surface area contributed by atoms with Gasteiger partial charge in [-0.2, -0.15) is 0 Å². The fourth-order valence-corrected chi connectivity index (χ4v) is 4.72. The van der Waals surface area contributed by atoms with E-state index in [1.807, 2.05) is 0 Å². The number of hydrogen-bond acceptors (Lipinski definition) is 9. The number of nitrogens with one attached hydrogen (secondary N) is 2. The first-order chi connectivity index (χ1) is 12.2. The highest BCUT2D eigenvalue weighted by molar-refractivity contribution is 7.99. The van der Waals surface area contributed by atoms with Crippen molar-refractivity contribution >= 4 is 42.4 Å². The molecule has 12 nitrogen and oxygen atoms in total. The Balaban J connectivity index is 0.00000261. The Morgan fingerprint density at radius 1 is 1.44 bits per heavy atom. The predicted molar refractivity (Wildman–Crippen MR) is 91.4 cm³/mol. The summed E-state index contributed by atoms with van der Waals surface area (Å²) in [6, 6.07) is -0.903. The number of carbonyl (C=O) groups is 3. The van der Waals surface area contributed by atoms with E-state index in [2.05, 4.69) is 20.5 Å². The van der Waals surface area contributed by atoms with Crippen LogP contribution in [0.2, 0.25) is 0 Å². The summed E-state index contributed by atoms with van der Waals surface area (Å²) in [6.45, 7) is 1.44. The first-order valence-electron chi connectivity index (χ1n) is 7.65. The highest BCUT2D eigenvalue weighted by Gasteiger charge is 2.75. The molecule has 2 aliphatic carbocycles. The quantitative estimate of drug-likeness (QED) is 0.311. The summed E-state index contributed by atoms with van der Waals surface area (Å²) in [6.07, 6.45) is -2.42. The number of nitrogens with zero attached hydrogens (tertiary/aromatic N) is 2. The van der Waals surface area contributed by atoms with Gasteiger partial charge in [-0.15, -0.1) is 17.5 Å². The number of H-pyrrole nitrogens is 1. The third-order valence-corrected chi connectivity index (χ3v) is 5.57. The van der Waals surface area contributed by atoms with E-state index in [1.165, 1.54) is 25.0 Å². The first kappa shape index (κ1) is 21.1. The lowest BCUT2D eigenvalue weighted by molar-refractivity contribution is -0.133. The van der Waals surface area contributed by atoms with Gasteiger partial charge in [0.2, 0.25) is 11.1 Å². The minimum Gasteiger partial charge on any atom is -0.450 e.